The summed E-state index contributed by atoms with van der Waals surface area (Å²) in [4.78, 5) is 20.7. The van der Waals surface area contributed by atoms with E-state index in [-0.39, 0.29) is 5.69 Å². The first-order chi connectivity index (χ1) is 10.3. The summed E-state index contributed by atoms with van der Waals surface area (Å²) in [6.45, 7) is 0. The Morgan fingerprint density at radius 3 is 2.55 bits per heavy atom. The van der Waals surface area contributed by atoms with Gasteiger partial charge in [-0.25, -0.2) is 0 Å². The number of carbonyl (C=O) groups excluding carboxylic acids is 1. The van der Waals surface area contributed by atoms with Crippen molar-refractivity contribution in [1.82, 2.24) is 5.32 Å². The third kappa shape index (κ3) is 3.51. The summed E-state index contributed by atoms with van der Waals surface area (Å²) in [5, 5.41) is 24.4. The predicted molar refractivity (Wildman–Crippen MR) is 82.9 cm³/mol. The zero-order valence-corrected chi connectivity index (χ0v) is 13.2. The second kappa shape index (κ2) is 6.81. The molecule has 0 radical (unpaired) electrons. The first kappa shape index (κ1) is 17.0. The zero-order valence-electron chi connectivity index (χ0n) is 11.7. The van der Waals surface area contributed by atoms with E-state index in [1.807, 2.05) is 0 Å². The number of aliphatic hydroxyl groups is 1. The third-order valence-corrected chi connectivity index (χ3v) is 4.37. The van der Waals surface area contributed by atoms with Gasteiger partial charge in [-0.2, -0.15) is 0 Å². The van der Waals surface area contributed by atoms with Crippen molar-refractivity contribution in [2.75, 3.05) is 0 Å². The molecule has 0 aromatic heterocycles. The molecule has 1 saturated carbocycles. The molecule has 1 aromatic carbocycles. The molecule has 2 atom stereocenters. The van der Waals surface area contributed by atoms with Gasteiger partial charge >= 0.3 is 0 Å². The van der Waals surface area contributed by atoms with Gasteiger partial charge in [0.1, 0.15) is 5.60 Å². The van der Waals surface area contributed by atoms with E-state index >= 15 is 0 Å². The Hall–Kier alpha value is -1.37. The molecule has 2 unspecified atom stereocenters. The predicted octanol–water partition coefficient (Wildman–Crippen LogP) is 2.64. The van der Waals surface area contributed by atoms with Crippen LogP contribution < -0.4 is 5.32 Å². The summed E-state index contributed by atoms with van der Waals surface area (Å²) >= 11 is 11.1. The van der Waals surface area contributed by atoms with Crippen LogP contribution in [0.1, 0.15) is 31.2 Å². The molecular formula is C14H16Cl2N2O4. The van der Waals surface area contributed by atoms with Crippen molar-refractivity contribution in [1.29, 1.82) is 0 Å². The van der Waals surface area contributed by atoms with Crippen molar-refractivity contribution >= 4 is 34.8 Å². The summed E-state index contributed by atoms with van der Waals surface area (Å²) in [7, 11) is 0. The Morgan fingerprint density at radius 1 is 1.36 bits per heavy atom. The zero-order chi connectivity index (χ0) is 16.3. The van der Waals surface area contributed by atoms with Gasteiger partial charge in [0, 0.05) is 12.1 Å². The van der Waals surface area contributed by atoms with Crippen molar-refractivity contribution < 1.29 is 14.8 Å². The minimum atomic E-state index is -1.29. The molecule has 0 spiro atoms. The van der Waals surface area contributed by atoms with E-state index in [9.17, 15) is 20.0 Å². The lowest BCUT2D eigenvalue weighted by molar-refractivity contribution is -0.384. The number of non-ortho nitro benzene ring substituents is 1. The number of hydrogen-bond acceptors (Lipinski definition) is 4. The van der Waals surface area contributed by atoms with Crippen LogP contribution in [-0.2, 0) is 10.4 Å². The minimum Gasteiger partial charge on any atom is -0.383 e. The number of benzene rings is 1. The molecule has 0 aliphatic heterocycles. The van der Waals surface area contributed by atoms with E-state index in [4.69, 9.17) is 23.2 Å². The summed E-state index contributed by atoms with van der Waals surface area (Å²) in [6.07, 6.45) is 2.69. The normalized spacial score (nSPS) is 25.0. The molecule has 1 fully saturated rings. The quantitative estimate of drug-likeness (QED) is 0.498. The number of rotatable bonds is 4. The maximum atomic E-state index is 11.7. The number of nitrogens with zero attached hydrogens (tertiary/aromatic N) is 1. The Bertz CT molecular complexity index is 564. The van der Waals surface area contributed by atoms with Crippen LogP contribution in [0.3, 0.4) is 0 Å². The van der Waals surface area contributed by atoms with Gasteiger partial charge in [0.05, 0.1) is 11.0 Å². The van der Waals surface area contributed by atoms with Crippen LogP contribution in [-0.4, -0.2) is 26.8 Å². The molecule has 1 aliphatic carbocycles. The summed E-state index contributed by atoms with van der Waals surface area (Å²) in [5.41, 5.74) is -0.805. The van der Waals surface area contributed by atoms with Crippen molar-refractivity contribution in [3.63, 3.8) is 0 Å². The lowest BCUT2D eigenvalue weighted by atomic mass is 9.75. The fraction of sp³-hybridized carbons (Fsp3) is 0.500. The Morgan fingerprint density at radius 2 is 2.00 bits per heavy atom. The molecule has 0 saturated heterocycles. The molecule has 6 nitrogen and oxygen atoms in total. The van der Waals surface area contributed by atoms with E-state index < -0.39 is 27.3 Å². The number of nitrogens with one attached hydrogen (secondary N) is 1. The maximum absolute atomic E-state index is 11.7. The Kier molecular flexibility index (Phi) is 5.26. The van der Waals surface area contributed by atoms with Crippen molar-refractivity contribution in [2.45, 2.75) is 42.2 Å². The molecule has 1 aromatic rings. The summed E-state index contributed by atoms with van der Waals surface area (Å²) in [5.74, 6) is -0.560. The fourth-order valence-electron chi connectivity index (χ4n) is 2.80. The Labute approximate surface area is 137 Å². The highest BCUT2D eigenvalue weighted by Gasteiger charge is 2.41. The molecule has 1 aliphatic rings. The van der Waals surface area contributed by atoms with Crippen LogP contribution >= 0.6 is 23.2 Å². The largest absolute Gasteiger partial charge is 0.383 e. The number of alkyl halides is 2. The van der Waals surface area contributed by atoms with Gasteiger partial charge in [0.15, 0.2) is 4.84 Å². The van der Waals surface area contributed by atoms with Gasteiger partial charge in [-0.1, -0.05) is 36.0 Å². The number of amides is 1. The lowest BCUT2D eigenvalue weighted by Crippen LogP contribution is -2.53. The van der Waals surface area contributed by atoms with Crippen LogP contribution in [0.4, 0.5) is 5.69 Å². The summed E-state index contributed by atoms with van der Waals surface area (Å²) < 4.78 is 0. The van der Waals surface area contributed by atoms with Gasteiger partial charge in [-0.15, -0.1) is 0 Å². The van der Waals surface area contributed by atoms with Gasteiger partial charge in [-0.05, 0) is 30.5 Å². The SMILES string of the molecule is O=C(NC1CCCCC1(O)c1ccc([N+](=O)[O-])cc1)C(Cl)Cl. The van der Waals surface area contributed by atoms with Crippen molar-refractivity contribution in [2.24, 2.45) is 0 Å². The maximum Gasteiger partial charge on any atom is 0.269 e. The van der Waals surface area contributed by atoms with Crippen LogP contribution in [0.5, 0.6) is 0 Å². The minimum absolute atomic E-state index is 0.0506. The average molecular weight is 347 g/mol. The van der Waals surface area contributed by atoms with E-state index in [2.05, 4.69) is 5.32 Å². The Balaban J connectivity index is 2.26. The van der Waals surface area contributed by atoms with E-state index in [0.29, 0.717) is 18.4 Å². The first-order valence-electron chi connectivity index (χ1n) is 6.90. The van der Waals surface area contributed by atoms with Crippen LogP contribution in [0.2, 0.25) is 0 Å². The number of halogens is 2. The highest BCUT2D eigenvalue weighted by Crippen LogP contribution is 2.38. The van der Waals surface area contributed by atoms with Crippen molar-refractivity contribution in [3.8, 4) is 0 Å². The average Bonchev–Trinajstić information content (AvgIpc) is 2.49. The van der Waals surface area contributed by atoms with Gasteiger partial charge < -0.3 is 10.4 Å². The number of nitro benzene ring substituents is 1. The highest BCUT2D eigenvalue weighted by atomic mass is 35.5. The van der Waals surface area contributed by atoms with Crippen molar-refractivity contribution in [3.05, 3.63) is 39.9 Å². The van der Waals surface area contributed by atoms with Gasteiger partial charge in [0.2, 0.25) is 0 Å². The molecule has 0 heterocycles. The molecule has 2 N–H and O–H groups in total. The number of hydrogen-bond donors (Lipinski definition) is 2. The van der Waals surface area contributed by atoms with Crippen LogP contribution in [0, 0.1) is 10.1 Å². The molecule has 0 bridgehead atoms. The van der Waals surface area contributed by atoms with Crippen LogP contribution in [0.25, 0.3) is 0 Å². The summed E-state index contributed by atoms with van der Waals surface area (Å²) in [6, 6.07) is 5.18. The second-order valence-electron chi connectivity index (χ2n) is 5.34. The molecule has 2 rings (SSSR count). The monoisotopic (exact) mass is 346 g/mol. The molecule has 120 valence electrons. The van der Waals surface area contributed by atoms with E-state index in [0.717, 1.165) is 12.8 Å². The standard InChI is InChI=1S/C14H16Cl2N2O4/c15-12(16)13(19)17-11-3-1-2-8-14(11,20)9-4-6-10(7-5-9)18(21)22/h4-7,11-12,20H,1-3,8H2,(H,17,19). The second-order valence-corrected chi connectivity index (χ2v) is 6.43. The molecule has 8 heteroatoms. The highest BCUT2D eigenvalue weighted by molar-refractivity contribution is 6.53. The number of nitro groups is 1. The lowest BCUT2D eigenvalue weighted by Gasteiger charge is -2.40. The first-order valence-corrected chi connectivity index (χ1v) is 7.77. The van der Waals surface area contributed by atoms with Crippen LogP contribution in [0.15, 0.2) is 24.3 Å². The topological polar surface area (TPSA) is 92.5 Å². The fourth-order valence-corrected chi connectivity index (χ4v) is 2.93. The van der Waals surface area contributed by atoms with E-state index in [1.54, 1.807) is 0 Å². The van der Waals surface area contributed by atoms with Gasteiger partial charge in [-0.3, -0.25) is 14.9 Å². The molecular weight excluding hydrogens is 331 g/mol. The smallest absolute Gasteiger partial charge is 0.269 e. The molecule has 1 amide bonds. The number of carbonyl (C=O) groups is 1. The third-order valence-electron chi connectivity index (χ3n) is 3.97. The molecule has 22 heavy (non-hydrogen) atoms. The van der Waals surface area contributed by atoms with E-state index in [1.165, 1.54) is 24.3 Å². The van der Waals surface area contributed by atoms with Gasteiger partial charge in [0.25, 0.3) is 11.6 Å².